The van der Waals surface area contributed by atoms with Gasteiger partial charge in [0.05, 0.1) is 23.0 Å². The molecule has 0 saturated carbocycles. The fourth-order valence-electron chi connectivity index (χ4n) is 2.38. The first-order chi connectivity index (χ1) is 10.3. The minimum Gasteiger partial charge on any atom is -0.492 e. The Hall–Kier alpha value is -1.59. The van der Waals surface area contributed by atoms with Crippen LogP contribution >= 0.6 is 22.9 Å². The number of imidazole rings is 1. The summed E-state index contributed by atoms with van der Waals surface area (Å²) in [4.78, 5) is 8.96. The van der Waals surface area contributed by atoms with Crippen molar-refractivity contribution in [2.24, 2.45) is 0 Å². The molecule has 0 fully saturated rings. The number of nitrogens with zero attached hydrogens (tertiary/aromatic N) is 3. The molecule has 2 aromatic heterocycles. The van der Waals surface area contributed by atoms with E-state index in [1.807, 2.05) is 30.6 Å². The number of alkyl halides is 1. The Morgan fingerprint density at radius 1 is 1.38 bits per heavy atom. The average Bonchev–Trinajstić information content (AvgIpc) is 3.13. The Bertz CT molecular complexity index is 724. The lowest BCUT2D eigenvalue weighted by Gasteiger charge is -2.07. The zero-order chi connectivity index (χ0) is 14.7. The summed E-state index contributed by atoms with van der Waals surface area (Å²) in [5.41, 5.74) is 1.95. The second-order valence-corrected chi connectivity index (χ2v) is 5.79. The highest BCUT2D eigenvalue weighted by atomic mass is 35.5. The summed E-state index contributed by atoms with van der Waals surface area (Å²) in [6.07, 6.45) is 2.72. The summed E-state index contributed by atoms with van der Waals surface area (Å²) < 4.78 is 7.81. The van der Waals surface area contributed by atoms with Crippen LogP contribution in [0.1, 0.15) is 17.8 Å². The van der Waals surface area contributed by atoms with Crippen molar-refractivity contribution in [1.82, 2.24) is 14.5 Å². The molecule has 0 radical (unpaired) electrons. The molecule has 0 aliphatic carbocycles. The smallest absolute Gasteiger partial charge is 0.147 e. The van der Waals surface area contributed by atoms with E-state index in [1.165, 1.54) is 0 Å². The molecule has 0 amide bonds. The number of thiazole rings is 1. The van der Waals surface area contributed by atoms with Crippen LogP contribution in [-0.4, -0.2) is 21.1 Å². The third-order valence-electron chi connectivity index (χ3n) is 3.27. The Morgan fingerprint density at radius 3 is 3.00 bits per heavy atom. The van der Waals surface area contributed by atoms with Gasteiger partial charge < -0.3 is 9.30 Å². The van der Waals surface area contributed by atoms with Crippen molar-refractivity contribution in [2.75, 3.05) is 6.61 Å². The van der Waals surface area contributed by atoms with E-state index in [2.05, 4.69) is 20.6 Å². The molecule has 0 saturated heterocycles. The van der Waals surface area contributed by atoms with Crippen molar-refractivity contribution in [2.45, 2.75) is 25.8 Å². The Balaban J connectivity index is 1.97. The van der Waals surface area contributed by atoms with Crippen LogP contribution in [0.25, 0.3) is 11.0 Å². The van der Waals surface area contributed by atoms with Gasteiger partial charge in [-0.2, -0.15) is 0 Å². The van der Waals surface area contributed by atoms with E-state index < -0.39 is 0 Å². The monoisotopic (exact) mass is 321 g/mol. The first kappa shape index (κ1) is 14.4. The van der Waals surface area contributed by atoms with E-state index in [-0.39, 0.29) is 0 Å². The lowest BCUT2D eigenvalue weighted by atomic mass is 10.3. The largest absolute Gasteiger partial charge is 0.492 e. The molecule has 1 aromatic carbocycles. The van der Waals surface area contributed by atoms with Crippen molar-refractivity contribution >= 4 is 34.0 Å². The molecule has 0 bridgehead atoms. The second kappa shape index (κ2) is 6.45. The number of hydrogen-bond acceptors (Lipinski definition) is 4. The van der Waals surface area contributed by atoms with Crippen molar-refractivity contribution in [3.63, 3.8) is 0 Å². The number of ether oxygens (including phenoxy) is 1. The summed E-state index contributed by atoms with van der Waals surface area (Å²) in [6.45, 7) is 3.42. The van der Waals surface area contributed by atoms with Crippen molar-refractivity contribution in [1.29, 1.82) is 0 Å². The van der Waals surface area contributed by atoms with Crippen molar-refractivity contribution < 1.29 is 4.74 Å². The van der Waals surface area contributed by atoms with E-state index >= 15 is 0 Å². The maximum Gasteiger partial charge on any atom is 0.147 e. The van der Waals surface area contributed by atoms with Gasteiger partial charge in [-0.15, -0.1) is 22.9 Å². The van der Waals surface area contributed by atoms with E-state index in [0.717, 1.165) is 40.6 Å². The van der Waals surface area contributed by atoms with Gasteiger partial charge >= 0.3 is 0 Å². The topological polar surface area (TPSA) is 39.9 Å². The van der Waals surface area contributed by atoms with Gasteiger partial charge in [0.2, 0.25) is 0 Å². The highest BCUT2D eigenvalue weighted by molar-refractivity contribution is 7.09. The van der Waals surface area contributed by atoms with Gasteiger partial charge in [-0.3, -0.25) is 0 Å². The third-order valence-corrected chi connectivity index (χ3v) is 4.35. The highest BCUT2D eigenvalue weighted by Gasteiger charge is 2.13. The van der Waals surface area contributed by atoms with Crippen LogP contribution in [0, 0.1) is 0 Å². The molecule has 4 nitrogen and oxygen atoms in total. The van der Waals surface area contributed by atoms with Crippen molar-refractivity contribution in [3.05, 3.63) is 40.6 Å². The van der Waals surface area contributed by atoms with Gasteiger partial charge in [0.1, 0.15) is 17.1 Å². The van der Waals surface area contributed by atoms with E-state index in [9.17, 15) is 0 Å². The molecule has 21 heavy (non-hydrogen) atoms. The van der Waals surface area contributed by atoms with Crippen LogP contribution < -0.4 is 4.74 Å². The predicted molar refractivity (Wildman–Crippen MR) is 86.3 cm³/mol. The first-order valence-corrected chi connectivity index (χ1v) is 8.30. The van der Waals surface area contributed by atoms with Gasteiger partial charge in [0, 0.05) is 24.5 Å². The summed E-state index contributed by atoms with van der Waals surface area (Å²) in [5.74, 6) is 2.07. The lowest BCUT2D eigenvalue weighted by Crippen LogP contribution is -2.05. The van der Waals surface area contributed by atoms with Crippen LogP contribution in [0.2, 0.25) is 0 Å². The molecule has 6 heteroatoms. The van der Waals surface area contributed by atoms with Crippen LogP contribution in [-0.2, 0) is 18.8 Å². The lowest BCUT2D eigenvalue weighted by molar-refractivity contribution is 0.343. The number of hydrogen-bond donors (Lipinski definition) is 0. The number of benzene rings is 1. The molecule has 3 rings (SSSR count). The fraction of sp³-hybridized carbons (Fsp3) is 0.333. The molecule has 2 heterocycles. The zero-order valence-electron chi connectivity index (χ0n) is 11.8. The number of fused-ring (bicyclic) bond motifs is 1. The van der Waals surface area contributed by atoms with Gasteiger partial charge in [0.25, 0.3) is 0 Å². The molecule has 0 aliphatic heterocycles. The SMILES string of the molecule is CCOc1cccc2c1nc(CCl)n2CCc1nccs1. The van der Waals surface area contributed by atoms with E-state index in [0.29, 0.717) is 12.5 Å². The number of para-hydroxylation sites is 1. The number of aryl methyl sites for hydroxylation is 2. The highest BCUT2D eigenvalue weighted by Crippen LogP contribution is 2.27. The van der Waals surface area contributed by atoms with E-state index in [4.69, 9.17) is 16.3 Å². The summed E-state index contributed by atoms with van der Waals surface area (Å²) in [7, 11) is 0. The van der Waals surface area contributed by atoms with Gasteiger partial charge in [-0.25, -0.2) is 9.97 Å². The molecule has 0 N–H and O–H groups in total. The summed E-state index contributed by atoms with van der Waals surface area (Å²) in [6, 6.07) is 6.00. The maximum atomic E-state index is 6.06. The molecule has 0 unspecified atom stereocenters. The van der Waals surface area contributed by atoms with Crippen molar-refractivity contribution in [3.8, 4) is 5.75 Å². The number of rotatable bonds is 6. The second-order valence-electron chi connectivity index (χ2n) is 4.55. The molecule has 110 valence electrons. The minimum atomic E-state index is 0.387. The third kappa shape index (κ3) is 2.89. The van der Waals surface area contributed by atoms with Crippen LogP contribution in [0.5, 0.6) is 5.75 Å². The van der Waals surface area contributed by atoms with Crippen LogP contribution in [0.15, 0.2) is 29.8 Å². The Kier molecular flexibility index (Phi) is 4.41. The van der Waals surface area contributed by atoms with Crippen LogP contribution in [0.3, 0.4) is 0 Å². The van der Waals surface area contributed by atoms with Gasteiger partial charge in [-0.05, 0) is 19.1 Å². The summed E-state index contributed by atoms with van der Waals surface area (Å²) in [5, 5.41) is 3.12. The maximum absolute atomic E-state index is 6.06. The van der Waals surface area contributed by atoms with E-state index in [1.54, 1.807) is 11.3 Å². The predicted octanol–water partition coefficient (Wildman–Crippen LogP) is 3.87. The average molecular weight is 322 g/mol. The molecular formula is C15H16ClN3OS. The standard InChI is InChI=1S/C15H16ClN3OS/c1-2-20-12-5-3-4-11-15(12)18-13(10-16)19(11)8-6-14-17-7-9-21-14/h3-5,7,9H,2,6,8,10H2,1H3. The quantitative estimate of drug-likeness (QED) is 0.647. The van der Waals surface area contributed by atoms with Gasteiger partial charge in [0.15, 0.2) is 0 Å². The Labute approximate surface area is 132 Å². The fourth-order valence-corrected chi connectivity index (χ4v) is 3.19. The van der Waals surface area contributed by atoms with Gasteiger partial charge in [-0.1, -0.05) is 6.07 Å². The summed E-state index contributed by atoms with van der Waals surface area (Å²) >= 11 is 7.73. The Morgan fingerprint density at radius 2 is 2.29 bits per heavy atom. The first-order valence-electron chi connectivity index (χ1n) is 6.88. The minimum absolute atomic E-state index is 0.387. The normalized spacial score (nSPS) is 11.1. The molecule has 3 aromatic rings. The number of aromatic nitrogens is 3. The molecule has 0 aliphatic rings. The molecular weight excluding hydrogens is 306 g/mol. The van der Waals surface area contributed by atoms with Crippen LogP contribution in [0.4, 0.5) is 0 Å². The molecule has 0 atom stereocenters. The number of halogens is 1. The molecule has 0 spiro atoms. The zero-order valence-corrected chi connectivity index (χ0v) is 13.3.